The summed E-state index contributed by atoms with van der Waals surface area (Å²) >= 11 is 5.85. The molecule has 100 valence electrons. The highest BCUT2D eigenvalue weighted by molar-refractivity contribution is 6.17. The predicted octanol–water partition coefficient (Wildman–Crippen LogP) is 4.91. The fourth-order valence-electron chi connectivity index (χ4n) is 2.01. The predicted molar refractivity (Wildman–Crippen MR) is 77.8 cm³/mol. The number of aromatic nitrogens is 1. The molecule has 0 spiro atoms. The van der Waals surface area contributed by atoms with E-state index in [2.05, 4.69) is 4.98 Å². The Morgan fingerprint density at radius 3 is 2.70 bits per heavy atom. The van der Waals surface area contributed by atoms with E-state index in [9.17, 15) is 4.39 Å². The van der Waals surface area contributed by atoms with Gasteiger partial charge in [-0.25, -0.2) is 4.39 Å². The van der Waals surface area contributed by atoms with E-state index in [-0.39, 0.29) is 5.82 Å². The molecule has 0 N–H and O–H groups in total. The van der Waals surface area contributed by atoms with Crippen LogP contribution in [0.25, 0.3) is 10.9 Å². The summed E-state index contributed by atoms with van der Waals surface area (Å²) in [5.74, 6) is 1.03. The number of hydrogen-bond acceptors (Lipinski definition) is 2. The number of para-hydroxylation sites is 1. The molecular formula is C16H11ClFNO. The van der Waals surface area contributed by atoms with Gasteiger partial charge in [0.25, 0.3) is 0 Å². The van der Waals surface area contributed by atoms with Gasteiger partial charge in [-0.3, -0.25) is 4.98 Å². The minimum Gasteiger partial charge on any atom is -0.456 e. The van der Waals surface area contributed by atoms with Crippen LogP contribution in [0.1, 0.15) is 5.69 Å². The molecule has 0 atom stereocenters. The molecule has 0 aliphatic heterocycles. The molecule has 3 rings (SSSR count). The van der Waals surface area contributed by atoms with E-state index in [1.54, 1.807) is 18.2 Å². The summed E-state index contributed by atoms with van der Waals surface area (Å²) in [5, 5.41) is 0.866. The lowest BCUT2D eigenvalue weighted by Crippen LogP contribution is -1.92. The molecule has 0 saturated heterocycles. The lowest BCUT2D eigenvalue weighted by Gasteiger charge is -2.10. The molecule has 0 aliphatic rings. The molecule has 0 unspecified atom stereocenters. The summed E-state index contributed by atoms with van der Waals surface area (Å²) in [6.07, 6.45) is 0. The first-order chi connectivity index (χ1) is 9.76. The fraction of sp³-hybridized carbons (Fsp3) is 0.0625. The quantitative estimate of drug-likeness (QED) is 0.639. The van der Waals surface area contributed by atoms with E-state index in [1.807, 2.05) is 24.3 Å². The molecule has 1 heterocycles. The Hall–Kier alpha value is -2.13. The minimum absolute atomic E-state index is 0.296. The van der Waals surface area contributed by atoms with Crippen molar-refractivity contribution in [1.29, 1.82) is 0 Å². The van der Waals surface area contributed by atoms with Gasteiger partial charge in [0.1, 0.15) is 17.3 Å². The average molecular weight is 288 g/mol. The molecule has 0 amide bonds. The van der Waals surface area contributed by atoms with Gasteiger partial charge in [-0.15, -0.1) is 11.6 Å². The largest absolute Gasteiger partial charge is 0.456 e. The van der Waals surface area contributed by atoms with E-state index < -0.39 is 0 Å². The first-order valence-corrected chi connectivity index (χ1v) is 6.68. The second-order valence-corrected chi connectivity index (χ2v) is 4.59. The van der Waals surface area contributed by atoms with Crippen molar-refractivity contribution in [2.24, 2.45) is 0 Å². The van der Waals surface area contributed by atoms with Crippen molar-refractivity contribution < 1.29 is 9.13 Å². The Bertz CT molecular complexity index is 760. The number of ether oxygens (including phenoxy) is 1. The van der Waals surface area contributed by atoms with Crippen molar-refractivity contribution in [3.05, 3.63) is 66.1 Å². The molecule has 2 nitrogen and oxygen atoms in total. The van der Waals surface area contributed by atoms with Crippen LogP contribution in [0.3, 0.4) is 0 Å². The van der Waals surface area contributed by atoms with Crippen LogP contribution in [-0.4, -0.2) is 4.98 Å². The van der Waals surface area contributed by atoms with Gasteiger partial charge in [0.2, 0.25) is 0 Å². The van der Waals surface area contributed by atoms with Crippen molar-refractivity contribution in [3.8, 4) is 11.5 Å². The number of pyridine rings is 1. The molecule has 3 aromatic rings. The zero-order valence-corrected chi connectivity index (χ0v) is 11.3. The summed E-state index contributed by atoms with van der Waals surface area (Å²) in [6.45, 7) is 0. The SMILES string of the molecule is Fc1cccc(Oc2cc(CCl)nc3ccccc23)c1. The maximum atomic E-state index is 13.2. The van der Waals surface area contributed by atoms with Crippen molar-refractivity contribution in [3.63, 3.8) is 0 Å². The highest BCUT2D eigenvalue weighted by atomic mass is 35.5. The first-order valence-electron chi connectivity index (χ1n) is 6.14. The Balaban J connectivity index is 2.10. The Morgan fingerprint density at radius 2 is 1.90 bits per heavy atom. The van der Waals surface area contributed by atoms with Crippen LogP contribution in [0.15, 0.2) is 54.6 Å². The Labute approximate surface area is 120 Å². The summed E-state index contributed by atoms with van der Waals surface area (Å²) < 4.78 is 19.0. The van der Waals surface area contributed by atoms with E-state index in [4.69, 9.17) is 16.3 Å². The normalized spacial score (nSPS) is 10.7. The van der Waals surface area contributed by atoms with Gasteiger partial charge in [-0.1, -0.05) is 18.2 Å². The third-order valence-electron chi connectivity index (χ3n) is 2.89. The second-order valence-electron chi connectivity index (χ2n) is 4.32. The van der Waals surface area contributed by atoms with Crippen LogP contribution < -0.4 is 4.74 Å². The fourth-order valence-corrected chi connectivity index (χ4v) is 2.14. The van der Waals surface area contributed by atoms with Crippen LogP contribution >= 0.6 is 11.6 Å². The monoisotopic (exact) mass is 287 g/mol. The molecular weight excluding hydrogens is 277 g/mol. The van der Waals surface area contributed by atoms with E-state index in [0.717, 1.165) is 16.6 Å². The zero-order chi connectivity index (χ0) is 13.9. The van der Waals surface area contributed by atoms with Gasteiger partial charge < -0.3 is 4.74 Å². The lowest BCUT2D eigenvalue weighted by molar-refractivity contribution is 0.481. The van der Waals surface area contributed by atoms with Gasteiger partial charge >= 0.3 is 0 Å². The van der Waals surface area contributed by atoms with E-state index >= 15 is 0 Å². The third kappa shape index (κ3) is 2.58. The van der Waals surface area contributed by atoms with Gasteiger partial charge in [-0.2, -0.15) is 0 Å². The molecule has 4 heteroatoms. The number of alkyl halides is 1. The van der Waals surface area contributed by atoms with Crippen LogP contribution in [0.2, 0.25) is 0 Å². The summed E-state index contributed by atoms with van der Waals surface area (Å²) in [5.41, 5.74) is 1.52. The van der Waals surface area contributed by atoms with E-state index in [1.165, 1.54) is 12.1 Å². The zero-order valence-electron chi connectivity index (χ0n) is 10.5. The number of rotatable bonds is 3. The summed E-state index contributed by atoms with van der Waals surface area (Å²) in [6, 6.07) is 15.4. The molecule has 2 aromatic carbocycles. The summed E-state index contributed by atoms with van der Waals surface area (Å²) in [7, 11) is 0. The molecule has 0 aliphatic carbocycles. The van der Waals surface area contributed by atoms with Crippen molar-refractivity contribution >= 4 is 22.5 Å². The lowest BCUT2D eigenvalue weighted by atomic mass is 10.2. The molecule has 0 bridgehead atoms. The number of fused-ring (bicyclic) bond motifs is 1. The average Bonchev–Trinajstić information content (AvgIpc) is 2.47. The van der Waals surface area contributed by atoms with Crippen LogP contribution in [0, 0.1) is 5.82 Å². The summed E-state index contributed by atoms with van der Waals surface area (Å²) in [4.78, 5) is 4.43. The Morgan fingerprint density at radius 1 is 1.05 bits per heavy atom. The first kappa shape index (κ1) is 12.9. The molecule has 0 fully saturated rings. The minimum atomic E-state index is -0.335. The third-order valence-corrected chi connectivity index (χ3v) is 3.17. The molecule has 0 radical (unpaired) electrons. The van der Waals surface area contributed by atoms with Gasteiger partial charge in [0, 0.05) is 17.5 Å². The van der Waals surface area contributed by atoms with Crippen molar-refractivity contribution in [1.82, 2.24) is 4.98 Å². The smallest absolute Gasteiger partial charge is 0.138 e. The topological polar surface area (TPSA) is 22.1 Å². The number of hydrogen-bond donors (Lipinski definition) is 0. The van der Waals surface area contributed by atoms with Crippen molar-refractivity contribution in [2.45, 2.75) is 5.88 Å². The van der Waals surface area contributed by atoms with Crippen LogP contribution in [0.5, 0.6) is 11.5 Å². The second kappa shape index (κ2) is 5.47. The number of halogens is 2. The highest BCUT2D eigenvalue weighted by Gasteiger charge is 2.07. The Kier molecular flexibility index (Phi) is 3.52. The number of nitrogens with zero attached hydrogens (tertiary/aromatic N) is 1. The van der Waals surface area contributed by atoms with Gasteiger partial charge in [0.15, 0.2) is 0 Å². The molecule has 0 saturated carbocycles. The van der Waals surface area contributed by atoms with Gasteiger partial charge in [0.05, 0.1) is 17.1 Å². The van der Waals surface area contributed by atoms with Gasteiger partial charge in [-0.05, 0) is 24.3 Å². The molecule has 1 aromatic heterocycles. The molecule has 20 heavy (non-hydrogen) atoms. The highest BCUT2D eigenvalue weighted by Crippen LogP contribution is 2.30. The van der Waals surface area contributed by atoms with Crippen LogP contribution in [0.4, 0.5) is 4.39 Å². The standard InChI is InChI=1S/C16H11ClFNO/c17-10-12-9-16(14-6-1-2-7-15(14)19-12)20-13-5-3-4-11(18)8-13/h1-9H,10H2. The maximum Gasteiger partial charge on any atom is 0.138 e. The maximum absolute atomic E-state index is 13.2. The van der Waals surface area contributed by atoms with E-state index in [0.29, 0.717) is 17.4 Å². The van der Waals surface area contributed by atoms with Crippen LogP contribution in [-0.2, 0) is 5.88 Å². The number of benzene rings is 2. The van der Waals surface area contributed by atoms with Crippen molar-refractivity contribution in [2.75, 3.05) is 0 Å².